The second kappa shape index (κ2) is 3.27. The van der Waals surface area contributed by atoms with Crippen LogP contribution in [0.4, 0.5) is 0 Å². The fraction of sp³-hybridized carbons (Fsp3) is 0. The van der Waals surface area contributed by atoms with Crippen LogP contribution in [-0.4, -0.2) is 9.55 Å². The zero-order chi connectivity index (χ0) is 9.26. The molecule has 0 atom stereocenters. The summed E-state index contributed by atoms with van der Waals surface area (Å²) in [5.41, 5.74) is 0.808. The molecule has 0 amide bonds. The Morgan fingerprint density at radius 1 is 1.46 bits per heavy atom. The van der Waals surface area contributed by atoms with E-state index in [-0.39, 0.29) is 5.56 Å². The standard InChI is InChI=1S/C8H6N2OS2/c11-7-1-3-10(8(12)9-7)6-2-4-13-5-6/h1-5H,(H,9,11,12). The molecule has 66 valence electrons. The molecule has 13 heavy (non-hydrogen) atoms. The second-order valence-corrected chi connectivity index (χ2v) is 3.63. The first-order valence-corrected chi connectivity index (χ1v) is 4.97. The van der Waals surface area contributed by atoms with E-state index in [4.69, 9.17) is 12.2 Å². The summed E-state index contributed by atoms with van der Waals surface area (Å²) in [6.07, 6.45) is 1.67. The zero-order valence-corrected chi connectivity index (χ0v) is 8.19. The molecule has 2 aromatic heterocycles. The maximum absolute atomic E-state index is 10.9. The van der Waals surface area contributed by atoms with Crippen molar-refractivity contribution in [1.29, 1.82) is 0 Å². The molecule has 0 aliphatic carbocycles. The highest BCUT2D eigenvalue weighted by molar-refractivity contribution is 7.71. The van der Waals surface area contributed by atoms with Crippen molar-refractivity contribution in [3.63, 3.8) is 0 Å². The van der Waals surface area contributed by atoms with Crippen LogP contribution in [0.15, 0.2) is 33.9 Å². The lowest BCUT2D eigenvalue weighted by atomic mass is 10.5. The lowest BCUT2D eigenvalue weighted by Gasteiger charge is -2.00. The highest BCUT2D eigenvalue weighted by atomic mass is 32.1. The maximum atomic E-state index is 10.9. The van der Waals surface area contributed by atoms with Crippen molar-refractivity contribution >= 4 is 23.6 Å². The van der Waals surface area contributed by atoms with Gasteiger partial charge in [-0.25, -0.2) is 0 Å². The molecule has 0 radical (unpaired) electrons. The van der Waals surface area contributed by atoms with E-state index in [1.165, 1.54) is 6.07 Å². The zero-order valence-electron chi connectivity index (χ0n) is 6.56. The number of H-pyrrole nitrogens is 1. The first kappa shape index (κ1) is 8.40. The van der Waals surface area contributed by atoms with Crippen molar-refractivity contribution in [2.45, 2.75) is 0 Å². The molecule has 3 nitrogen and oxygen atoms in total. The van der Waals surface area contributed by atoms with Crippen molar-refractivity contribution in [2.75, 3.05) is 0 Å². The Balaban J connectivity index is 2.67. The van der Waals surface area contributed by atoms with E-state index in [2.05, 4.69) is 4.98 Å². The van der Waals surface area contributed by atoms with Gasteiger partial charge in [-0.3, -0.25) is 14.3 Å². The third kappa shape index (κ3) is 1.61. The van der Waals surface area contributed by atoms with Gasteiger partial charge in [0.15, 0.2) is 4.77 Å². The monoisotopic (exact) mass is 210 g/mol. The van der Waals surface area contributed by atoms with Crippen molar-refractivity contribution in [1.82, 2.24) is 9.55 Å². The van der Waals surface area contributed by atoms with E-state index < -0.39 is 0 Å². The average molecular weight is 210 g/mol. The first-order chi connectivity index (χ1) is 6.27. The maximum Gasteiger partial charge on any atom is 0.251 e. The van der Waals surface area contributed by atoms with E-state index in [0.717, 1.165) is 5.69 Å². The van der Waals surface area contributed by atoms with Crippen LogP contribution in [0.1, 0.15) is 0 Å². The molecule has 2 rings (SSSR count). The summed E-state index contributed by atoms with van der Waals surface area (Å²) in [6, 6.07) is 3.40. The van der Waals surface area contributed by atoms with Crippen LogP contribution in [0, 0.1) is 4.77 Å². The van der Waals surface area contributed by atoms with E-state index in [1.807, 2.05) is 16.8 Å². The molecule has 2 heterocycles. The molecule has 0 spiro atoms. The number of nitrogens with zero attached hydrogens (tertiary/aromatic N) is 1. The van der Waals surface area contributed by atoms with Gasteiger partial charge in [0.1, 0.15) is 0 Å². The minimum Gasteiger partial charge on any atom is -0.299 e. The number of aromatic nitrogens is 2. The normalized spacial score (nSPS) is 10.2. The lowest BCUT2D eigenvalue weighted by Crippen LogP contribution is -2.09. The number of nitrogens with one attached hydrogen (secondary N) is 1. The Kier molecular flexibility index (Phi) is 2.12. The molecule has 5 heteroatoms. The van der Waals surface area contributed by atoms with Gasteiger partial charge < -0.3 is 0 Å². The van der Waals surface area contributed by atoms with Gasteiger partial charge in [-0.15, -0.1) is 0 Å². The fourth-order valence-corrected chi connectivity index (χ4v) is 1.91. The van der Waals surface area contributed by atoms with Crippen LogP contribution >= 0.6 is 23.6 Å². The summed E-state index contributed by atoms with van der Waals surface area (Å²) in [6.45, 7) is 0. The molecular weight excluding hydrogens is 204 g/mol. The van der Waals surface area contributed by atoms with Crippen LogP contribution in [0.5, 0.6) is 0 Å². The smallest absolute Gasteiger partial charge is 0.251 e. The second-order valence-electron chi connectivity index (χ2n) is 2.46. The van der Waals surface area contributed by atoms with Gasteiger partial charge in [-0.1, -0.05) is 0 Å². The van der Waals surface area contributed by atoms with Crippen LogP contribution in [0.25, 0.3) is 5.69 Å². The van der Waals surface area contributed by atoms with Crippen LogP contribution in [0.2, 0.25) is 0 Å². The van der Waals surface area contributed by atoms with Crippen LogP contribution in [0.3, 0.4) is 0 Å². The quantitative estimate of drug-likeness (QED) is 0.731. The number of thiophene rings is 1. The van der Waals surface area contributed by atoms with Crippen molar-refractivity contribution in [2.24, 2.45) is 0 Å². The molecule has 0 aliphatic heterocycles. The van der Waals surface area contributed by atoms with E-state index in [0.29, 0.717) is 4.77 Å². The van der Waals surface area contributed by atoms with Gasteiger partial charge in [0, 0.05) is 17.6 Å². The predicted molar refractivity (Wildman–Crippen MR) is 55.1 cm³/mol. The molecule has 0 aromatic carbocycles. The third-order valence-corrected chi connectivity index (χ3v) is 2.58. The highest BCUT2D eigenvalue weighted by Gasteiger charge is 1.96. The number of rotatable bonds is 1. The molecule has 0 saturated carbocycles. The van der Waals surface area contributed by atoms with Gasteiger partial charge in [-0.05, 0) is 23.7 Å². The van der Waals surface area contributed by atoms with Crippen molar-refractivity contribution < 1.29 is 0 Å². The summed E-state index contributed by atoms with van der Waals surface area (Å²) in [7, 11) is 0. The fourth-order valence-electron chi connectivity index (χ4n) is 1.01. The van der Waals surface area contributed by atoms with Gasteiger partial charge in [0.05, 0.1) is 5.69 Å². The summed E-state index contributed by atoms with van der Waals surface area (Å²) >= 11 is 6.59. The Labute approximate surface area is 83.3 Å². The molecule has 0 unspecified atom stereocenters. The van der Waals surface area contributed by atoms with Gasteiger partial charge in [-0.2, -0.15) is 11.3 Å². The number of hydrogen-bond acceptors (Lipinski definition) is 3. The molecule has 0 bridgehead atoms. The minimum atomic E-state index is -0.170. The molecule has 0 saturated heterocycles. The first-order valence-electron chi connectivity index (χ1n) is 3.62. The minimum absolute atomic E-state index is 0.170. The molecular formula is C8H6N2OS2. The van der Waals surface area contributed by atoms with Crippen LogP contribution < -0.4 is 5.56 Å². The Hall–Kier alpha value is -1.20. The SMILES string of the molecule is O=c1ccn(-c2ccsc2)c(=S)[nH]1. The topological polar surface area (TPSA) is 37.8 Å². The number of hydrogen-bond donors (Lipinski definition) is 1. The van der Waals surface area contributed by atoms with Gasteiger partial charge in [0.2, 0.25) is 0 Å². The summed E-state index contributed by atoms with van der Waals surface area (Å²) in [4.78, 5) is 13.4. The van der Waals surface area contributed by atoms with E-state index >= 15 is 0 Å². The Bertz CT molecular complexity index is 509. The molecule has 0 fully saturated rings. The summed E-state index contributed by atoms with van der Waals surface area (Å²) in [5.74, 6) is 0. The largest absolute Gasteiger partial charge is 0.299 e. The third-order valence-electron chi connectivity index (χ3n) is 1.61. The predicted octanol–water partition coefficient (Wildman–Crippen LogP) is 1.96. The van der Waals surface area contributed by atoms with Crippen LogP contribution in [-0.2, 0) is 0 Å². The Morgan fingerprint density at radius 2 is 2.31 bits per heavy atom. The summed E-state index contributed by atoms with van der Waals surface area (Å²) < 4.78 is 2.18. The number of aromatic amines is 1. The van der Waals surface area contributed by atoms with Gasteiger partial charge >= 0.3 is 0 Å². The average Bonchev–Trinajstić information content (AvgIpc) is 2.56. The van der Waals surface area contributed by atoms with Crippen molar-refractivity contribution in [3.05, 3.63) is 44.2 Å². The van der Waals surface area contributed by atoms with E-state index in [1.54, 1.807) is 22.1 Å². The van der Waals surface area contributed by atoms with Crippen molar-refractivity contribution in [3.8, 4) is 5.69 Å². The highest BCUT2D eigenvalue weighted by Crippen LogP contribution is 2.10. The van der Waals surface area contributed by atoms with Gasteiger partial charge in [0.25, 0.3) is 5.56 Å². The lowest BCUT2D eigenvalue weighted by molar-refractivity contribution is 0.942. The molecule has 0 aliphatic rings. The molecule has 2 aromatic rings. The molecule has 1 N–H and O–H groups in total. The van der Waals surface area contributed by atoms with E-state index in [9.17, 15) is 4.79 Å². The summed E-state index contributed by atoms with van der Waals surface area (Å²) in [5, 5.41) is 3.93. The Morgan fingerprint density at radius 3 is 2.92 bits per heavy atom.